The maximum atomic E-state index is 4.29. The normalized spacial score (nSPS) is 29.8. The fourth-order valence-corrected chi connectivity index (χ4v) is 2.96. The molecule has 2 rings (SSSR count). The molecule has 90 valence electrons. The highest BCUT2D eigenvalue weighted by Gasteiger charge is 2.37. The molecule has 0 spiro atoms. The average Bonchev–Trinajstić information content (AvgIpc) is 2.83. The minimum Gasteiger partial charge on any atom is -0.314 e. The van der Waals surface area contributed by atoms with E-state index in [0.29, 0.717) is 11.5 Å². The van der Waals surface area contributed by atoms with Gasteiger partial charge in [0.15, 0.2) is 0 Å². The van der Waals surface area contributed by atoms with Crippen LogP contribution < -0.4 is 5.32 Å². The van der Waals surface area contributed by atoms with E-state index in [9.17, 15) is 0 Å². The topological polar surface area (TPSA) is 29.9 Å². The lowest BCUT2D eigenvalue weighted by Crippen LogP contribution is -2.30. The molecule has 1 aromatic rings. The Labute approximate surface area is 98.2 Å². The van der Waals surface area contributed by atoms with Crippen LogP contribution in [0.4, 0.5) is 0 Å². The van der Waals surface area contributed by atoms with Gasteiger partial charge in [0.05, 0.1) is 0 Å². The first-order valence-electron chi connectivity index (χ1n) is 6.37. The van der Waals surface area contributed by atoms with E-state index in [2.05, 4.69) is 30.3 Å². The van der Waals surface area contributed by atoms with Crippen LogP contribution in [0.15, 0.2) is 12.3 Å². The molecule has 1 fully saturated rings. The van der Waals surface area contributed by atoms with Crippen molar-refractivity contribution in [3.63, 3.8) is 0 Å². The standard InChI is InChI=1S/C13H23N3/c1-4-8-14-11-5-7-13(2,10-11)12-6-9-15-16(12)3/h6,9,11,14H,4-5,7-8,10H2,1-3H3. The molecule has 1 heterocycles. The van der Waals surface area contributed by atoms with E-state index in [1.165, 1.54) is 31.4 Å². The van der Waals surface area contributed by atoms with Crippen molar-refractivity contribution in [2.24, 2.45) is 7.05 Å². The lowest BCUT2D eigenvalue weighted by Gasteiger charge is -2.24. The Kier molecular flexibility index (Phi) is 3.33. The molecule has 0 radical (unpaired) electrons. The summed E-state index contributed by atoms with van der Waals surface area (Å²) in [5, 5.41) is 7.93. The number of hydrogen-bond acceptors (Lipinski definition) is 2. The maximum Gasteiger partial charge on any atom is 0.0492 e. The predicted octanol–water partition coefficient (Wildman–Crippen LogP) is 2.23. The summed E-state index contributed by atoms with van der Waals surface area (Å²) in [7, 11) is 2.05. The molecule has 2 atom stereocenters. The smallest absolute Gasteiger partial charge is 0.0492 e. The molecule has 1 N–H and O–H groups in total. The van der Waals surface area contributed by atoms with Crippen LogP contribution in [0.2, 0.25) is 0 Å². The van der Waals surface area contributed by atoms with Crippen molar-refractivity contribution in [1.82, 2.24) is 15.1 Å². The van der Waals surface area contributed by atoms with Crippen molar-refractivity contribution >= 4 is 0 Å². The van der Waals surface area contributed by atoms with Crippen LogP contribution in [0.1, 0.15) is 45.2 Å². The van der Waals surface area contributed by atoms with Gasteiger partial charge >= 0.3 is 0 Å². The Morgan fingerprint density at radius 1 is 1.62 bits per heavy atom. The van der Waals surface area contributed by atoms with Gasteiger partial charge in [-0.1, -0.05) is 13.8 Å². The van der Waals surface area contributed by atoms with E-state index in [1.54, 1.807) is 0 Å². The first-order valence-corrected chi connectivity index (χ1v) is 6.37. The predicted molar refractivity (Wildman–Crippen MR) is 66.5 cm³/mol. The largest absolute Gasteiger partial charge is 0.314 e. The Morgan fingerprint density at radius 2 is 2.44 bits per heavy atom. The molecule has 0 amide bonds. The van der Waals surface area contributed by atoms with Gasteiger partial charge in [0.25, 0.3) is 0 Å². The van der Waals surface area contributed by atoms with Crippen LogP contribution in [0.5, 0.6) is 0 Å². The van der Waals surface area contributed by atoms with Gasteiger partial charge in [-0.3, -0.25) is 4.68 Å². The molecule has 0 bridgehead atoms. The summed E-state index contributed by atoms with van der Waals surface area (Å²) in [6, 6.07) is 2.86. The Balaban J connectivity index is 2.03. The summed E-state index contributed by atoms with van der Waals surface area (Å²) < 4.78 is 2.03. The number of nitrogens with one attached hydrogen (secondary N) is 1. The van der Waals surface area contributed by atoms with Crippen molar-refractivity contribution in [2.45, 2.75) is 51.0 Å². The first-order chi connectivity index (χ1) is 7.65. The van der Waals surface area contributed by atoms with E-state index in [1.807, 2.05) is 17.9 Å². The van der Waals surface area contributed by atoms with Crippen LogP contribution in [-0.4, -0.2) is 22.4 Å². The van der Waals surface area contributed by atoms with Crippen molar-refractivity contribution in [2.75, 3.05) is 6.54 Å². The van der Waals surface area contributed by atoms with Gasteiger partial charge in [-0.15, -0.1) is 0 Å². The fraction of sp³-hybridized carbons (Fsp3) is 0.769. The summed E-state index contributed by atoms with van der Waals surface area (Å²) in [5.41, 5.74) is 1.70. The van der Waals surface area contributed by atoms with E-state index in [-0.39, 0.29) is 0 Å². The molecule has 1 aliphatic rings. The van der Waals surface area contributed by atoms with E-state index in [0.717, 1.165) is 6.54 Å². The first kappa shape index (κ1) is 11.6. The molecule has 16 heavy (non-hydrogen) atoms. The van der Waals surface area contributed by atoms with E-state index < -0.39 is 0 Å². The highest BCUT2D eigenvalue weighted by molar-refractivity contribution is 5.18. The van der Waals surface area contributed by atoms with Gasteiger partial charge in [-0.2, -0.15) is 5.10 Å². The second-order valence-electron chi connectivity index (χ2n) is 5.29. The van der Waals surface area contributed by atoms with Gasteiger partial charge in [-0.05, 0) is 38.3 Å². The number of nitrogens with zero attached hydrogens (tertiary/aromatic N) is 2. The van der Waals surface area contributed by atoms with Gasteiger partial charge in [0, 0.05) is 30.4 Å². The third kappa shape index (κ3) is 2.14. The van der Waals surface area contributed by atoms with Gasteiger partial charge in [0.2, 0.25) is 0 Å². The summed E-state index contributed by atoms with van der Waals surface area (Å²) >= 11 is 0. The van der Waals surface area contributed by atoms with E-state index in [4.69, 9.17) is 0 Å². The third-order valence-corrected chi connectivity index (χ3v) is 3.86. The third-order valence-electron chi connectivity index (χ3n) is 3.86. The van der Waals surface area contributed by atoms with Gasteiger partial charge in [-0.25, -0.2) is 0 Å². The van der Waals surface area contributed by atoms with Crippen molar-refractivity contribution in [3.05, 3.63) is 18.0 Å². The molecule has 3 heteroatoms. The van der Waals surface area contributed by atoms with Crippen LogP contribution >= 0.6 is 0 Å². The molecule has 1 aliphatic carbocycles. The van der Waals surface area contributed by atoms with E-state index >= 15 is 0 Å². The second-order valence-corrected chi connectivity index (χ2v) is 5.29. The number of aryl methyl sites for hydroxylation is 1. The molecule has 1 saturated carbocycles. The zero-order valence-electron chi connectivity index (χ0n) is 10.7. The molecular weight excluding hydrogens is 198 g/mol. The molecule has 0 aliphatic heterocycles. The van der Waals surface area contributed by atoms with Gasteiger partial charge in [0.1, 0.15) is 0 Å². The Morgan fingerprint density at radius 3 is 3.06 bits per heavy atom. The fourth-order valence-electron chi connectivity index (χ4n) is 2.96. The molecule has 3 nitrogen and oxygen atoms in total. The van der Waals surface area contributed by atoms with Crippen LogP contribution in [0, 0.1) is 0 Å². The molecule has 0 saturated heterocycles. The quantitative estimate of drug-likeness (QED) is 0.845. The Bertz CT molecular complexity index is 345. The lowest BCUT2D eigenvalue weighted by atomic mass is 9.85. The van der Waals surface area contributed by atoms with Crippen LogP contribution in [0.25, 0.3) is 0 Å². The highest BCUT2D eigenvalue weighted by atomic mass is 15.3. The second kappa shape index (κ2) is 4.58. The minimum absolute atomic E-state index is 0.316. The summed E-state index contributed by atoms with van der Waals surface area (Å²) in [4.78, 5) is 0. The van der Waals surface area contributed by atoms with Crippen LogP contribution in [0.3, 0.4) is 0 Å². The van der Waals surface area contributed by atoms with Crippen molar-refractivity contribution < 1.29 is 0 Å². The Hall–Kier alpha value is -0.830. The molecule has 0 aromatic carbocycles. The number of aromatic nitrogens is 2. The molecule has 2 unspecified atom stereocenters. The van der Waals surface area contributed by atoms with Crippen molar-refractivity contribution in [3.8, 4) is 0 Å². The number of rotatable bonds is 4. The maximum absolute atomic E-state index is 4.29. The average molecular weight is 221 g/mol. The van der Waals surface area contributed by atoms with Crippen molar-refractivity contribution in [1.29, 1.82) is 0 Å². The minimum atomic E-state index is 0.316. The SMILES string of the molecule is CCCNC1CCC(C)(c2ccnn2C)C1. The molecular formula is C13H23N3. The van der Waals surface area contributed by atoms with Crippen LogP contribution in [-0.2, 0) is 12.5 Å². The summed E-state index contributed by atoms with van der Waals surface area (Å²) in [6.45, 7) is 5.74. The zero-order valence-corrected chi connectivity index (χ0v) is 10.7. The van der Waals surface area contributed by atoms with Gasteiger partial charge < -0.3 is 5.32 Å². The lowest BCUT2D eigenvalue weighted by molar-refractivity contribution is 0.424. The zero-order chi connectivity index (χ0) is 11.6. The highest BCUT2D eigenvalue weighted by Crippen LogP contribution is 2.40. The molecule has 1 aromatic heterocycles. The summed E-state index contributed by atoms with van der Waals surface area (Å²) in [6.07, 6.45) is 6.94. The number of hydrogen-bond donors (Lipinski definition) is 1. The monoisotopic (exact) mass is 221 g/mol. The summed E-state index contributed by atoms with van der Waals surface area (Å²) in [5.74, 6) is 0.